The highest BCUT2D eigenvalue weighted by molar-refractivity contribution is 7.26. The summed E-state index contributed by atoms with van der Waals surface area (Å²) < 4.78 is 15.1. The Balaban J connectivity index is 1.05. The summed E-state index contributed by atoms with van der Waals surface area (Å²) in [6.45, 7) is 0. The molecular weight excluding hydrogens is 723 g/mol. The third-order valence-electron chi connectivity index (χ3n) is 10.6. The van der Waals surface area contributed by atoms with Crippen LogP contribution < -0.4 is 0 Å². The van der Waals surface area contributed by atoms with Gasteiger partial charge in [0.2, 0.25) is 0 Å². The molecule has 0 radical (unpaired) electrons. The summed E-state index contributed by atoms with van der Waals surface area (Å²) in [6.07, 6.45) is 0. The monoisotopic (exact) mass is 749 g/mol. The highest BCUT2D eigenvalue weighted by atomic mass is 32.1. The molecule has 12 aromatic rings. The molecule has 0 N–H and O–H groups in total. The number of aromatic nitrogens is 5. The highest BCUT2D eigenvalue weighted by Crippen LogP contribution is 2.42. The van der Waals surface area contributed by atoms with E-state index in [1.807, 2.05) is 97.1 Å². The molecule has 8 heteroatoms. The number of furan rings is 2. The Morgan fingerprint density at radius 1 is 0.368 bits per heavy atom. The molecule has 0 spiro atoms. The zero-order chi connectivity index (χ0) is 37.5. The first-order valence-electron chi connectivity index (χ1n) is 18.7. The van der Waals surface area contributed by atoms with Gasteiger partial charge in [0.1, 0.15) is 22.3 Å². The van der Waals surface area contributed by atoms with Crippen molar-refractivity contribution in [2.75, 3.05) is 0 Å². The van der Waals surface area contributed by atoms with Gasteiger partial charge in [-0.3, -0.25) is 0 Å². The van der Waals surface area contributed by atoms with Crippen LogP contribution in [0.4, 0.5) is 0 Å². The Bertz CT molecular complexity index is 3540. The molecule has 0 aliphatic rings. The van der Waals surface area contributed by atoms with E-state index < -0.39 is 0 Å². The molecule has 0 aliphatic heterocycles. The van der Waals surface area contributed by atoms with E-state index in [1.54, 1.807) is 11.3 Å². The summed E-state index contributed by atoms with van der Waals surface area (Å²) in [5.74, 6) is 2.33. The van der Waals surface area contributed by atoms with E-state index in [1.165, 1.54) is 4.70 Å². The van der Waals surface area contributed by atoms with Gasteiger partial charge in [-0.25, -0.2) is 24.9 Å². The Labute approximate surface area is 328 Å². The maximum Gasteiger partial charge on any atom is 0.164 e. The highest BCUT2D eigenvalue weighted by Gasteiger charge is 2.22. The summed E-state index contributed by atoms with van der Waals surface area (Å²) in [5.41, 5.74) is 9.45. The first-order valence-corrected chi connectivity index (χ1v) is 19.5. The van der Waals surface area contributed by atoms with Crippen LogP contribution in [0.25, 0.3) is 121 Å². The van der Waals surface area contributed by atoms with E-state index >= 15 is 0 Å². The van der Waals surface area contributed by atoms with Crippen LogP contribution in [0.2, 0.25) is 0 Å². The standard InChI is InChI=1S/C49H27N5O2S/c1-3-13-28(14-4-1)43-45-44(33-18-8-10-24-40(33)57-45)51-47(50-43)30-25-26-32-39(27-30)56-38-23-12-20-35(42(32)38)49-53-46(29-15-5-2-6-16-29)52-48(54-49)34-19-11-22-37-41(34)31-17-7-9-21-36(31)55-37/h1-27H. The second-order valence-electron chi connectivity index (χ2n) is 14.0. The van der Waals surface area contributed by atoms with E-state index in [4.69, 9.17) is 33.8 Å². The first-order chi connectivity index (χ1) is 28.2. The van der Waals surface area contributed by atoms with Gasteiger partial charge in [0.25, 0.3) is 0 Å². The Hall–Kier alpha value is -7.55. The van der Waals surface area contributed by atoms with Gasteiger partial charge in [0, 0.05) is 59.4 Å². The third kappa shape index (κ3) is 5.08. The van der Waals surface area contributed by atoms with Crippen LogP contribution in [-0.4, -0.2) is 24.9 Å². The van der Waals surface area contributed by atoms with Crippen LogP contribution in [0.15, 0.2) is 173 Å². The normalized spacial score (nSPS) is 11.9. The molecule has 57 heavy (non-hydrogen) atoms. The summed E-state index contributed by atoms with van der Waals surface area (Å²) in [4.78, 5) is 25.8. The van der Waals surface area contributed by atoms with Gasteiger partial charge >= 0.3 is 0 Å². The van der Waals surface area contributed by atoms with Crippen LogP contribution in [0.3, 0.4) is 0 Å². The molecule has 0 bridgehead atoms. The number of benzene rings is 7. The Morgan fingerprint density at radius 3 is 1.67 bits per heavy atom. The average molecular weight is 750 g/mol. The van der Waals surface area contributed by atoms with Gasteiger partial charge in [-0.15, -0.1) is 11.3 Å². The van der Waals surface area contributed by atoms with Crippen molar-refractivity contribution in [3.8, 4) is 56.8 Å². The van der Waals surface area contributed by atoms with Crippen molar-refractivity contribution in [3.05, 3.63) is 164 Å². The maximum absolute atomic E-state index is 6.62. The average Bonchev–Trinajstić information content (AvgIpc) is 3.97. The second-order valence-corrected chi connectivity index (χ2v) is 15.0. The molecule has 0 saturated carbocycles. The number of hydrogen-bond donors (Lipinski definition) is 0. The predicted octanol–water partition coefficient (Wildman–Crippen LogP) is 13.2. The largest absolute Gasteiger partial charge is 0.456 e. The van der Waals surface area contributed by atoms with Crippen molar-refractivity contribution in [3.63, 3.8) is 0 Å². The predicted molar refractivity (Wildman–Crippen MR) is 230 cm³/mol. The van der Waals surface area contributed by atoms with E-state index in [0.717, 1.165) is 93.0 Å². The van der Waals surface area contributed by atoms with Gasteiger partial charge in [0.05, 0.1) is 15.9 Å². The minimum absolute atomic E-state index is 0.548. The zero-order valence-corrected chi connectivity index (χ0v) is 30.9. The molecule has 0 fully saturated rings. The summed E-state index contributed by atoms with van der Waals surface area (Å²) in [6, 6.07) is 55.1. The van der Waals surface area contributed by atoms with Crippen molar-refractivity contribution >= 4 is 75.5 Å². The number of hydrogen-bond acceptors (Lipinski definition) is 8. The molecule has 0 saturated heterocycles. The quantitative estimate of drug-likeness (QED) is 0.173. The van der Waals surface area contributed by atoms with E-state index in [-0.39, 0.29) is 0 Å². The molecule has 0 aliphatic carbocycles. The molecule has 0 amide bonds. The molecule has 7 nitrogen and oxygen atoms in total. The lowest BCUT2D eigenvalue weighted by Crippen LogP contribution is -2.00. The van der Waals surface area contributed by atoms with Gasteiger partial charge in [-0.1, -0.05) is 127 Å². The fraction of sp³-hybridized carbons (Fsp3) is 0. The van der Waals surface area contributed by atoms with Crippen molar-refractivity contribution < 1.29 is 8.83 Å². The number of thiophene rings is 1. The maximum atomic E-state index is 6.62. The molecule has 0 unspecified atom stereocenters. The topological polar surface area (TPSA) is 90.7 Å². The van der Waals surface area contributed by atoms with Gasteiger partial charge in [0.15, 0.2) is 23.3 Å². The lowest BCUT2D eigenvalue weighted by atomic mass is 10.0. The van der Waals surface area contributed by atoms with Crippen molar-refractivity contribution in [2.24, 2.45) is 0 Å². The van der Waals surface area contributed by atoms with Crippen LogP contribution >= 0.6 is 11.3 Å². The second kappa shape index (κ2) is 12.5. The van der Waals surface area contributed by atoms with Crippen molar-refractivity contribution in [1.82, 2.24) is 24.9 Å². The Morgan fingerprint density at radius 2 is 0.930 bits per heavy atom. The Kier molecular flexibility index (Phi) is 6.96. The summed E-state index contributed by atoms with van der Waals surface area (Å²) >= 11 is 1.73. The summed E-state index contributed by atoms with van der Waals surface area (Å²) in [5, 5.41) is 4.97. The molecule has 0 atom stereocenters. The molecule has 5 aromatic heterocycles. The fourth-order valence-electron chi connectivity index (χ4n) is 7.96. The van der Waals surface area contributed by atoms with Crippen LogP contribution in [-0.2, 0) is 0 Å². The minimum Gasteiger partial charge on any atom is -0.456 e. The lowest BCUT2D eigenvalue weighted by molar-refractivity contribution is 0.668. The molecule has 5 heterocycles. The van der Waals surface area contributed by atoms with Crippen molar-refractivity contribution in [1.29, 1.82) is 0 Å². The third-order valence-corrected chi connectivity index (χ3v) is 11.7. The van der Waals surface area contributed by atoms with E-state index in [9.17, 15) is 0 Å². The zero-order valence-electron chi connectivity index (χ0n) is 30.0. The van der Waals surface area contributed by atoms with Gasteiger partial charge in [-0.2, -0.15) is 0 Å². The van der Waals surface area contributed by atoms with Gasteiger partial charge < -0.3 is 8.83 Å². The molecule has 7 aromatic carbocycles. The van der Waals surface area contributed by atoms with Crippen LogP contribution in [0.1, 0.15) is 0 Å². The smallest absolute Gasteiger partial charge is 0.164 e. The van der Waals surface area contributed by atoms with E-state index in [2.05, 4.69) is 66.7 Å². The number of para-hydroxylation sites is 1. The van der Waals surface area contributed by atoms with E-state index in [0.29, 0.717) is 23.3 Å². The SMILES string of the molecule is c1ccc(-c2nc(-c3cccc4oc5ccccc5c34)nc(-c3cccc4oc5cc(-c6nc(-c7ccccc7)c7sc8ccccc8c7n6)ccc5c34)n2)cc1. The van der Waals surface area contributed by atoms with Crippen LogP contribution in [0.5, 0.6) is 0 Å². The molecule has 266 valence electrons. The number of fused-ring (bicyclic) bond motifs is 9. The first kappa shape index (κ1) is 31.8. The van der Waals surface area contributed by atoms with Crippen LogP contribution in [0, 0.1) is 0 Å². The molecular formula is C49H27N5O2S. The summed E-state index contributed by atoms with van der Waals surface area (Å²) in [7, 11) is 0. The molecule has 12 rings (SSSR count). The van der Waals surface area contributed by atoms with Gasteiger partial charge in [-0.05, 0) is 36.4 Å². The number of rotatable bonds is 5. The minimum atomic E-state index is 0.548. The fourth-order valence-corrected chi connectivity index (χ4v) is 9.11. The number of nitrogens with zero attached hydrogens (tertiary/aromatic N) is 5. The lowest BCUT2D eigenvalue weighted by Gasteiger charge is -2.10. The van der Waals surface area contributed by atoms with Crippen molar-refractivity contribution in [2.45, 2.75) is 0 Å².